The van der Waals surface area contributed by atoms with Gasteiger partial charge >= 0.3 is 0 Å². The molecule has 0 N–H and O–H groups in total. The van der Waals surface area contributed by atoms with Gasteiger partial charge in [0.15, 0.2) is 5.16 Å². The lowest BCUT2D eigenvalue weighted by atomic mass is 10.2. The van der Waals surface area contributed by atoms with E-state index in [1.54, 1.807) is 12.1 Å². The first-order chi connectivity index (χ1) is 13.0. The van der Waals surface area contributed by atoms with Crippen LogP contribution in [-0.2, 0) is 16.1 Å². The number of nitrogens with zero attached hydrogens (tertiary/aromatic N) is 5. The Bertz CT molecular complexity index is 818. The molecular formula is C18H22FN5O2S. The Morgan fingerprint density at radius 2 is 1.89 bits per heavy atom. The molecule has 1 fully saturated rings. The maximum atomic E-state index is 13.2. The number of halogens is 1. The topological polar surface area (TPSA) is 63.5 Å². The highest BCUT2D eigenvalue weighted by Gasteiger charge is 2.28. The first kappa shape index (κ1) is 18.2. The second kappa shape index (κ2) is 7.47. The Balaban J connectivity index is 1.41. The van der Waals surface area contributed by atoms with Gasteiger partial charge in [-0.1, -0.05) is 11.8 Å². The largest absolute Gasteiger partial charge is 0.372 e. The minimum absolute atomic E-state index is 0.0595. The van der Waals surface area contributed by atoms with Gasteiger partial charge in [0.05, 0.1) is 18.0 Å². The van der Waals surface area contributed by atoms with Crippen LogP contribution in [0.2, 0.25) is 0 Å². The van der Waals surface area contributed by atoms with Crippen LogP contribution in [-0.4, -0.2) is 63.2 Å². The predicted molar refractivity (Wildman–Crippen MR) is 101 cm³/mol. The molecule has 1 saturated heterocycles. The van der Waals surface area contributed by atoms with Gasteiger partial charge in [0.2, 0.25) is 11.9 Å². The summed E-state index contributed by atoms with van der Waals surface area (Å²) in [5.74, 6) is 0.882. The third-order valence-electron chi connectivity index (χ3n) is 4.72. The Morgan fingerprint density at radius 3 is 2.59 bits per heavy atom. The molecule has 0 unspecified atom stereocenters. The van der Waals surface area contributed by atoms with Crippen molar-refractivity contribution in [2.45, 2.75) is 37.8 Å². The first-order valence-corrected chi connectivity index (χ1v) is 10.0. The molecule has 4 rings (SSSR count). The monoisotopic (exact) mass is 391 g/mol. The summed E-state index contributed by atoms with van der Waals surface area (Å²) in [6.07, 6.45) is 0.119. The second-order valence-corrected chi connectivity index (χ2v) is 7.85. The van der Waals surface area contributed by atoms with E-state index in [0.717, 1.165) is 29.9 Å². The van der Waals surface area contributed by atoms with E-state index in [9.17, 15) is 9.18 Å². The molecule has 0 saturated carbocycles. The van der Waals surface area contributed by atoms with Crippen molar-refractivity contribution in [2.24, 2.45) is 0 Å². The molecule has 2 aromatic rings. The number of hydrogen-bond acceptors (Lipinski definition) is 6. The highest BCUT2D eigenvalue weighted by molar-refractivity contribution is 7.99. The summed E-state index contributed by atoms with van der Waals surface area (Å²) in [5, 5.41) is 9.25. The van der Waals surface area contributed by atoms with Crippen LogP contribution in [0.5, 0.6) is 0 Å². The van der Waals surface area contributed by atoms with Gasteiger partial charge in [-0.05, 0) is 38.1 Å². The van der Waals surface area contributed by atoms with Crippen LogP contribution in [0.15, 0.2) is 29.4 Å². The van der Waals surface area contributed by atoms with E-state index in [0.29, 0.717) is 18.8 Å². The van der Waals surface area contributed by atoms with Crippen molar-refractivity contribution in [3.05, 3.63) is 30.1 Å². The summed E-state index contributed by atoms with van der Waals surface area (Å²) in [4.78, 5) is 16.4. The van der Waals surface area contributed by atoms with Crippen LogP contribution < -0.4 is 4.90 Å². The normalized spacial score (nSPS) is 22.2. The van der Waals surface area contributed by atoms with E-state index in [2.05, 4.69) is 10.2 Å². The number of thioether (sulfide) groups is 1. The molecule has 2 aliphatic heterocycles. The van der Waals surface area contributed by atoms with Crippen molar-refractivity contribution in [1.29, 1.82) is 0 Å². The summed E-state index contributed by atoms with van der Waals surface area (Å²) in [7, 11) is 0. The van der Waals surface area contributed by atoms with E-state index in [4.69, 9.17) is 4.74 Å². The van der Waals surface area contributed by atoms with Crippen molar-refractivity contribution in [2.75, 3.05) is 30.3 Å². The zero-order valence-corrected chi connectivity index (χ0v) is 16.2. The molecule has 0 bridgehead atoms. The van der Waals surface area contributed by atoms with Crippen molar-refractivity contribution < 1.29 is 13.9 Å². The molecule has 0 radical (unpaired) electrons. The molecule has 3 heterocycles. The number of fused-ring (bicyclic) bond motifs is 1. The number of rotatable bonds is 4. The number of hydrogen-bond donors (Lipinski definition) is 0. The number of benzene rings is 1. The van der Waals surface area contributed by atoms with Crippen LogP contribution in [0.3, 0.4) is 0 Å². The maximum absolute atomic E-state index is 13.2. The zero-order chi connectivity index (χ0) is 19.0. The summed E-state index contributed by atoms with van der Waals surface area (Å²) < 4.78 is 20.8. The fourth-order valence-corrected chi connectivity index (χ4v) is 4.41. The quantitative estimate of drug-likeness (QED) is 0.746. The molecule has 2 aliphatic rings. The summed E-state index contributed by atoms with van der Waals surface area (Å²) in [5.41, 5.74) is 0.881. The number of ether oxygens (including phenoxy) is 1. The number of amides is 1. The smallest absolute Gasteiger partial charge is 0.233 e. The van der Waals surface area contributed by atoms with Crippen LogP contribution in [0.4, 0.5) is 16.0 Å². The van der Waals surface area contributed by atoms with Gasteiger partial charge in [-0.2, -0.15) is 0 Å². The van der Waals surface area contributed by atoms with Crippen molar-refractivity contribution in [3.8, 4) is 0 Å². The van der Waals surface area contributed by atoms with E-state index < -0.39 is 0 Å². The summed E-state index contributed by atoms with van der Waals surface area (Å²) in [6.45, 7) is 6.70. The second-order valence-electron chi connectivity index (χ2n) is 6.91. The SMILES string of the molecule is C[C@@H]1CN(C(=O)CSc2nnc3n2CCN3c2ccc(F)cc2)C[C@@H](C)O1. The number of aromatic nitrogens is 3. The lowest BCUT2D eigenvalue weighted by Crippen LogP contribution is -2.48. The van der Waals surface area contributed by atoms with Crippen LogP contribution >= 0.6 is 11.8 Å². The van der Waals surface area contributed by atoms with E-state index in [1.807, 2.05) is 28.2 Å². The van der Waals surface area contributed by atoms with Gasteiger partial charge in [0, 0.05) is 31.9 Å². The lowest BCUT2D eigenvalue weighted by Gasteiger charge is -2.35. The van der Waals surface area contributed by atoms with Gasteiger partial charge in [-0.15, -0.1) is 10.2 Å². The number of carbonyl (C=O) groups is 1. The summed E-state index contributed by atoms with van der Waals surface area (Å²) in [6, 6.07) is 6.34. The molecule has 0 aliphatic carbocycles. The predicted octanol–water partition coefficient (Wildman–Crippen LogP) is 2.30. The van der Waals surface area contributed by atoms with Crippen LogP contribution in [0.1, 0.15) is 13.8 Å². The summed E-state index contributed by atoms with van der Waals surface area (Å²) >= 11 is 1.41. The van der Waals surface area contributed by atoms with Gasteiger partial charge in [-0.25, -0.2) is 4.39 Å². The average Bonchev–Trinajstić information content (AvgIpc) is 3.22. The Morgan fingerprint density at radius 1 is 1.19 bits per heavy atom. The van der Waals surface area contributed by atoms with Crippen LogP contribution in [0.25, 0.3) is 0 Å². The van der Waals surface area contributed by atoms with Gasteiger partial charge in [0.1, 0.15) is 5.82 Å². The van der Waals surface area contributed by atoms with Crippen molar-refractivity contribution >= 4 is 29.3 Å². The average molecular weight is 391 g/mol. The molecule has 1 amide bonds. The minimum atomic E-state index is -0.263. The van der Waals surface area contributed by atoms with E-state index >= 15 is 0 Å². The zero-order valence-electron chi connectivity index (χ0n) is 15.3. The third kappa shape index (κ3) is 3.79. The Kier molecular flexibility index (Phi) is 5.05. The Hall–Kier alpha value is -2.13. The number of morpholine rings is 1. The third-order valence-corrected chi connectivity index (χ3v) is 5.67. The number of anilines is 2. The van der Waals surface area contributed by atoms with E-state index in [-0.39, 0.29) is 23.9 Å². The van der Waals surface area contributed by atoms with Gasteiger partial charge in [0.25, 0.3) is 0 Å². The molecule has 27 heavy (non-hydrogen) atoms. The van der Waals surface area contributed by atoms with E-state index in [1.165, 1.54) is 23.9 Å². The molecule has 1 aromatic heterocycles. The molecule has 0 spiro atoms. The first-order valence-electron chi connectivity index (χ1n) is 9.03. The number of carbonyl (C=O) groups excluding carboxylic acids is 1. The maximum Gasteiger partial charge on any atom is 0.233 e. The van der Waals surface area contributed by atoms with Crippen molar-refractivity contribution in [3.63, 3.8) is 0 Å². The molecular weight excluding hydrogens is 369 g/mol. The molecule has 2 atom stereocenters. The van der Waals surface area contributed by atoms with Gasteiger partial charge in [-0.3, -0.25) is 9.36 Å². The van der Waals surface area contributed by atoms with Gasteiger partial charge < -0.3 is 14.5 Å². The fraction of sp³-hybridized carbons (Fsp3) is 0.500. The lowest BCUT2D eigenvalue weighted by molar-refractivity contribution is -0.140. The standard InChI is InChI=1S/C18H22FN5O2S/c1-12-9-22(10-13(2)26-12)16(25)11-27-18-21-20-17-23(7-8-24(17)18)15-5-3-14(19)4-6-15/h3-6,12-13H,7-11H2,1-2H3/t12-,13-/m1/s1. The molecule has 9 heteroatoms. The fourth-order valence-electron chi connectivity index (χ4n) is 3.55. The molecule has 144 valence electrons. The van der Waals surface area contributed by atoms with Crippen molar-refractivity contribution in [1.82, 2.24) is 19.7 Å². The van der Waals surface area contributed by atoms with Crippen LogP contribution in [0, 0.1) is 5.82 Å². The highest BCUT2D eigenvalue weighted by atomic mass is 32.2. The Labute approximate surface area is 161 Å². The minimum Gasteiger partial charge on any atom is -0.372 e. The molecule has 1 aromatic carbocycles. The molecule has 7 nitrogen and oxygen atoms in total. The highest BCUT2D eigenvalue weighted by Crippen LogP contribution is 2.32.